The summed E-state index contributed by atoms with van der Waals surface area (Å²) in [4.78, 5) is 28.6. The molecule has 3 N–H and O–H groups in total. The maximum Gasteiger partial charge on any atom is 0.410 e. The number of ether oxygens (including phenoxy) is 3. The number of hydrogen-bond donors (Lipinski definition) is 2. The molecule has 1 fully saturated rings. The topological polar surface area (TPSA) is 118 Å². The van der Waals surface area contributed by atoms with Gasteiger partial charge in [0.2, 0.25) is 0 Å². The molecule has 2 aromatic carbocycles. The number of nitrogens with one attached hydrogen (secondary N) is 1. The predicted molar refractivity (Wildman–Crippen MR) is 144 cm³/mol. The van der Waals surface area contributed by atoms with Crippen molar-refractivity contribution in [2.75, 3.05) is 32.8 Å². The van der Waals surface area contributed by atoms with Crippen LogP contribution in [-0.4, -0.2) is 66.8 Å². The summed E-state index contributed by atoms with van der Waals surface area (Å²) in [6.07, 6.45) is 3.45. The second-order valence-corrected chi connectivity index (χ2v) is 9.51. The van der Waals surface area contributed by atoms with Gasteiger partial charge in [-0.2, -0.15) is 0 Å². The smallest absolute Gasteiger partial charge is 0.410 e. The molecule has 0 aliphatic carbocycles. The van der Waals surface area contributed by atoms with E-state index in [2.05, 4.69) is 12.6 Å². The molecule has 38 heavy (non-hydrogen) atoms. The number of esters is 1. The number of benzene rings is 2. The van der Waals surface area contributed by atoms with Crippen LogP contribution in [0.4, 0.5) is 4.79 Å². The Labute approximate surface area is 223 Å². The Hall–Kier alpha value is -4.01. The largest absolute Gasteiger partial charge is 0.490 e. The first-order chi connectivity index (χ1) is 18.4. The highest BCUT2D eigenvalue weighted by atomic mass is 16.6. The SMILES string of the molecule is C=CCOC(=O)N1CCC(Oc2ccc(C(C(=O)OCC)c3ccc4c(c3)CN(C(=N)N)CC4)cc2)CC1. The Morgan fingerprint density at radius 3 is 2.42 bits per heavy atom. The number of fused-ring (bicyclic) bond motifs is 1. The van der Waals surface area contributed by atoms with Crippen LogP contribution in [0.2, 0.25) is 0 Å². The van der Waals surface area contributed by atoms with Gasteiger partial charge in [0.05, 0.1) is 6.61 Å². The van der Waals surface area contributed by atoms with Gasteiger partial charge in [0.1, 0.15) is 24.4 Å². The van der Waals surface area contributed by atoms with Crippen LogP contribution in [0.15, 0.2) is 55.1 Å². The molecule has 0 radical (unpaired) electrons. The maximum atomic E-state index is 13.1. The van der Waals surface area contributed by atoms with Crippen LogP contribution in [0.5, 0.6) is 5.75 Å². The van der Waals surface area contributed by atoms with Crippen LogP contribution in [0.25, 0.3) is 0 Å². The van der Waals surface area contributed by atoms with Gasteiger partial charge in [-0.15, -0.1) is 0 Å². The van der Waals surface area contributed by atoms with Gasteiger partial charge in [-0.1, -0.05) is 43.0 Å². The standard InChI is InChI=1S/C29H36N4O5/c1-3-17-37-29(35)32-15-12-25(13-16-32)38-24-9-7-21(8-10-24)26(27(34)36-4-2)22-6-5-20-11-14-33(28(30)31)19-23(20)18-22/h3,5-10,18,25-26H,1,4,11-17,19H2,2H3,(H3,30,31). The summed E-state index contributed by atoms with van der Waals surface area (Å²) >= 11 is 0. The fourth-order valence-electron chi connectivity index (χ4n) is 4.96. The molecule has 0 saturated carbocycles. The van der Waals surface area contributed by atoms with Crippen molar-refractivity contribution in [2.45, 2.75) is 44.8 Å². The Kier molecular flexibility index (Phi) is 8.89. The molecular weight excluding hydrogens is 484 g/mol. The van der Waals surface area contributed by atoms with E-state index >= 15 is 0 Å². The van der Waals surface area contributed by atoms with E-state index < -0.39 is 5.92 Å². The van der Waals surface area contributed by atoms with Crippen LogP contribution >= 0.6 is 0 Å². The minimum atomic E-state index is -0.577. The quantitative estimate of drug-likeness (QED) is 0.235. The van der Waals surface area contributed by atoms with Crippen LogP contribution < -0.4 is 10.5 Å². The van der Waals surface area contributed by atoms with Crippen LogP contribution in [0.3, 0.4) is 0 Å². The number of likely N-dealkylation sites (tertiary alicyclic amines) is 1. The fraction of sp³-hybridized carbons (Fsp3) is 0.414. The second kappa shape index (κ2) is 12.5. The molecule has 2 aliphatic heterocycles. The number of amides is 1. The summed E-state index contributed by atoms with van der Waals surface area (Å²) in [6.45, 7) is 8.26. The van der Waals surface area contributed by atoms with Crippen molar-refractivity contribution in [3.63, 3.8) is 0 Å². The van der Waals surface area contributed by atoms with Gasteiger partial charge < -0.3 is 29.7 Å². The summed E-state index contributed by atoms with van der Waals surface area (Å²) in [5, 5.41) is 7.78. The molecule has 9 nitrogen and oxygen atoms in total. The van der Waals surface area contributed by atoms with Crippen molar-refractivity contribution >= 4 is 18.0 Å². The van der Waals surface area contributed by atoms with E-state index in [1.165, 1.54) is 5.56 Å². The molecule has 2 heterocycles. The summed E-state index contributed by atoms with van der Waals surface area (Å²) in [7, 11) is 0. The minimum Gasteiger partial charge on any atom is -0.490 e. The van der Waals surface area contributed by atoms with Crippen molar-refractivity contribution in [3.8, 4) is 5.75 Å². The monoisotopic (exact) mass is 520 g/mol. The van der Waals surface area contributed by atoms with Gasteiger partial charge in [-0.05, 0) is 47.7 Å². The molecule has 1 amide bonds. The minimum absolute atomic E-state index is 0.00461. The summed E-state index contributed by atoms with van der Waals surface area (Å²) in [6, 6.07) is 13.6. The van der Waals surface area contributed by atoms with Crippen molar-refractivity contribution in [2.24, 2.45) is 5.73 Å². The highest BCUT2D eigenvalue weighted by molar-refractivity contribution is 5.82. The van der Waals surface area contributed by atoms with Crippen molar-refractivity contribution in [3.05, 3.63) is 77.4 Å². The molecule has 0 aromatic heterocycles. The van der Waals surface area contributed by atoms with E-state index in [-0.39, 0.29) is 30.7 Å². The molecule has 4 rings (SSSR count). The first-order valence-electron chi connectivity index (χ1n) is 13.1. The fourth-order valence-corrected chi connectivity index (χ4v) is 4.96. The number of guanidine groups is 1. The third-order valence-corrected chi connectivity index (χ3v) is 6.98. The molecule has 0 spiro atoms. The number of carbonyl (C=O) groups is 2. The van der Waals surface area contributed by atoms with Gasteiger partial charge in [0.25, 0.3) is 0 Å². The molecule has 1 unspecified atom stereocenters. The highest BCUT2D eigenvalue weighted by Crippen LogP contribution is 2.31. The number of piperidine rings is 1. The Balaban J connectivity index is 1.45. The van der Waals surface area contributed by atoms with Gasteiger partial charge in [-0.25, -0.2) is 4.79 Å². The van der Waals surface area contributed by atoms with Crippen LogP contribution in [-0.2, 0) is 27.2 Å². The lowest BCUT2D eigenvalue weighted by Gasteiger charge is -2.31. The summed E-state index contributed by atoms with van der Waals surface area (Å²) in [5.74, 6) is -0.119. The normalized spacial score (nSPS) is 16.2. The molecule has 1 saturated heterocycles. The van der Waals surface area contributed by atoms with Crippen LogP contribution in [0, 0.1) is 5.41 Å². The number of rotatable bonds is 8. The lowest BCUT2D eigenvalue weighted by molar-refractivity contribution is -0.143. The Morgan fingerprint density at radius 1 is 1.05 bits per heavy atom. The van der Waals surface area contributed by atoms with Crippen molar-refractivity contribution < 1.29 is 23.8 Å². The number of hydrogen-bond acceptors (Lipinski definition) is 6. The lowest BCUT2D eigenvalue weighted by Crippen LogP contribution is -2.42. The summed E-state index contributed by atoms with van der Waals surface area (Å²) in [5.41, 5.74) is 9.65. The number of nitrogens with two attached hydrogens (primary N) is 1. The highest BCUT2D eigenvalue weighted by Gasteiger charge is 2.28. The van der Waals surface area contributed by atoms with Gasteiger partial charge >= 0.3 is 12.1 Å². The van der Waals surface area contributed by atoms with Crippen molar-refractivity contribution in [1.29, 1.82) is 5.41 Å². The van der Waals surface area contributed by atoms with E-state index in [0.29, 0.717) is 51.4 Å². The third-order valence-electron chi connectivity index (χ3n) is 6.98. The first-order valence-corrected chi connectivity index (χ1v) is 13.1. The van der Waals surface area contributed by atoms with Gasteiger partial charge in [-0.3, -0.25) is 10.2 Å². The molecule has 1 atom stereocenters. The molecule has 0 bridgehead atoms. The van der Waals surface area contributed by atoms with E-state index in [1.807, 2.05) is 41.3 Å². The Bertz CT molecular complexity index is 1160. The third kappa shape index (κ3) is 6.45. The van der Waals surface area contributed by atoms with E-state index in [1.54, 1.807) is 17.9 Å². The zero-order valence-corrected chi connectivity index (χ0v) is 21.9. The van der Waals surface area contributed by atoms with Crippen LogP contribution in [0.1, 0.15) is 47.9 Å². The molecule has 2 aliphatic rings. The van der Waals surface area contributed by atoms with E-state index in [4.69, 9.17) is 25.4 Å². The average molecular weight is 521 g/mol. The number of carbonyl (C=O) groups excluding carboxylic acids is 2. The molecule has 202 valence electrons. The van der Waals surface area contributed by atoms with Gasteiger partial charge in [0, 0.05) is 39.0 Å². The first kappa shape index (κ1) is 27.0. The van der Waals surface area contributed by atoms with Crippen molar-refractivity contribution in [1.82, 2.24) is 9.80 Å². The zero-order chi connectivity index (χ0) is 27.1. The molecule has 2 aromatic rings. The summed E-state index contributed by atoms with van der Waals surface area (Å²) < 4.78 is 16.7. The average Bonchev–Trinajstić information content (AvgIpc) is 2.93. The van der Waals surface area contributed by atoms with E-state index in [9.17, 15) is 9.59 Å². The number of nitrogens with zero attached hydrogens (tertiary/aromatic N) is 2. The zero-order valence-electron chi connectivity index (χ0n) is 21.9. The molecular formula is C29H36N4O5. The lowest BCUT2D eigenvalue weighted by atomic mass is 9.87. The Morgan fingerprint density at radius 2 is 1.76 bits per heavy atom. The van der Waals surface area contributed by atoms with Gasteiger partial charge in [0.15, 0.2) is 5.96 Å². The molecule has 9 heteroatoms. The maximum absolute atomic E-state index is 13.1. The second-order valence-electron chi connectivity index (χ2n) is 9.51. The predicted octanol–water partition coefficient (Wildman–Crippen LogP) is 3.80. The van der Waals surface area contributed by atoms with E-state index in [0.717, 1.165) is 23.1 Å².